The number of benzene rings is 3. The van der Waals surface area contributed by atoms with E-state index in [2.05, 4.69) is 69.3 Å². The number of imide groups is 1. The Labute approximate surface area is 295 Å². The zero-order valence-electron chi connectivity index (χ0n) is 28.9. The van der Waals surface area contributed by atoms with Gasteiger partial charge < -0.3 is 19.2 Å². The molecule has 3 aliphatic rings. The van der Waals surface area contributed by atoms with Crippen LogP contribution in [0.15, 0.2) is 95.6 Å². The van der Waals surface area contributed by atoms with Crippen molar-refractivity contribution in [2.24, 2.45) is 17.8 Å². The first-order chi connectivity index (χ1) is 23.3. The second-order valence-electron chi connectivity index (χ2n) is 14.7. The highest BCUT2D eigenvalue weighted by Gasteiger charge is 2.57. The lowest BCUT2D eigenvalue weighted by molar-refractivity contribution is -0.138. The summed E-state index contributed by atoms with van der Waals surface area (Å²) in [6, 6.07) is 25.8. The van der Waals surface area contributed by atoms with E-state index in [0.29, 0.717) is 30.9 Å². The van der Waals surface area contributed by atoms with Crippen molar-refractivity contribution in [2.75, 3.05) is 13.7 Å². The third-order valence-corrected chi connectivity index (χ3v) is 15.9. The summed E-state index contributed by atoms with van der Waals surface area (Å²) in [6.45, 7) is 9.03. The summed E-state index contributed by atoms with van der Waals surface area (Å²) in [6.07, 6.45) is 3.41. The number of phenolic OH excluding ortho intramolecular Hbond substituents is 1. The predicted octanol–water partition coefficient (Wildman–Crippen LogP) is 6.23. The average molecular weight is 698 g/mol. The van der Waals surface area contributed by atoms with E-state index in [1.165, 1.54) is 11.0 Å². The molecule has 2 aliphatic heterocycles. The molecule has 0 saturated carbocycles. The molecule has 3 aromatic rings. The van der Waals surface area contributed by atoms with Crippen molar-refractivity contribution in [3.63, 3.8) is 0 Å². The van der Waals surface area contributed by atoms with Gasteiger partial charge in [0.25, 0.3) is 8.32 Å². The number of halogens is 1. The first-order valence-electron chi connectivity index (χ1n) is 17.1. The molecule has 2 heterocycles. The van der Waals surface area contributed by atoms with E-state index in [0.717, 1.165) is 32.7 Å². The maximum absolute atomic E-state index is 13.6. The third-order valence-electron chi connectivity index (χ3n) is 10.6. The van der Waals surface area contributed by atoms with Crippen LogP contribution in [-0.4, -0.2) is 62.0 Å². The Morgan fingerprint density at radius 2 is 1.65 bits per heavy atom. The lowest BCUT2D eigenvalue weighted by atomic mass is 9.58. The molecule has 6 rings (SSSR count). The molecule has 3 aromatic carbocycles. The number of amides is 2. The van der Waals surface area contributed by atoms with Gasteiger partial charge >= 0.3 is 7.12 Å². The van der Waals surface area contributed by atoms with Crippen molar-refractivity contribution < 1.29 is 28.8 Å². The number of nitrogens with zero attached hydrogens (tertiary/aromatic N) is 1. The van der Waals surface area contributed by atoms with Crippen molar-refractivity contribution in [3.8, 4) is 5.75 Å². The van der Waals surface area contributed by atoms with E-state index in [4.69, 9.17) is 20.7 Å². The van der Waals surface area contributed by atoms with Crippen LogP contribution in [0.3, 0.4) is 0 Å². The number of rotatable bonds is 9. The van der Waals surface area contributed by atoms with E-state index < -0.39 is 33.4 Å². The lowest BCUT2D eigenvalue weighted by Gasteiger charge is -2.46. The summed E-state index contributed by atoms with van der Waals surface area (Å²) in [7, 11) is -2.41. The quantitative estimate of drug-likeness (QED) is 0.156. The van der Waals surface area contributed by atoms with Gasteiger partial charge in [0.1, 0.15) is 5.75 Å². The number of allylic oxidation sites excluding steroid dienone is 1. The van der Waals surface area contributed by atoms with Crippen LogP contribution < -0.4 is 10.4 Å². The largest absolute Gasteiger partial charge is 0.508 e. The molecule has 2 amide bonds. The minimum Gasteiger partial charge on any atom is -0.508 e. The summed E-state index contributed by atoms with van der Waals surface area (Å²) in [5.74, 6) is -1.60. The topological polar surface area (TPSA) is 96.3 Å². The van der Waals surface area contributed by atoms with Gasteiger partial charge in [-0.1, -0.05) is 105 Å². The fraction of sp³-hybridized carbons (Fsp3) is 0.385. The summed E-state index contributed by atoms with van der Waals surface area (Å²) in [4.78, 5) is 28.3. The summed E-state index contributed by atoms with van der Waals surface area (Å²) < 4.78 is 13.7. The number of fused-ring (bicyclic) bond motifs is 3. The van der Waals surface area contributed by atoms with Gasteiger partial charge in [-0.05, 0) is 88.7 Å². The molecule has 0 spiro atoms. The van der Waals surface area contributed by atoms with Crippen LogP contribution in [0.1, 0.15) is 52.5 Å². The minimum atomic E-state index is -2.92. The fourth-order valence-electron chi connectivity index (χ4n) is 8.34. The minimum absolute atomic E-state index is 0.108. The smallest absolute Gasteiger partial charge is 0.455 e. The molecular formula is C39H45BClNO6Si. The Morgan fingerprint density at radius 3 is 2.24 bits per heavy atom. The number of likely N-dealkylation sites (tertiary alicyclic amines) is 1. The Balaban J connectivity index is 1.41. The standard InChI is InChI=1S/C39H45BClNO6Si/c1-25(20-26-17-18-28(43)22-33(26)41)16-19-34-35-27(21-31-36(32(35)23-40(46)48-34)38(45)42(5)37(31)44)24-47-49(39(2,3)4,29-12-8-6-9-13-29)30-14-10-7-11-15-30/h6-15,17-18,20,22,31-32,34,36,43,46H,16,19,21,23-24H2,1-5H3/b25-20+/t31-,32+,34-,36-/m1/s1. The monoisotopic (exact) mass is 697 g/mol. The number of carbonyl (C=O) groups excluding carboxylic acids is 2. The molecule has 0 bridgehead atoms. The number of hydrogen-bond acceptors (Lipinski definition) is 6. The van der Waals surface area contributed by atoms with Crippen molar-refractivity contribution in [3.05, 3.63) is 106 Å². The van der Waals surface area contributed by atoms with Crippen molar-refractivity contribution >= 4 is 55.3 Å². The SMILES string of the molecule is C/C(=C\c1ccc(O)cc1Cl)CC[C@H]1OB(O)C[C@H]2C1=C(CO[Si](c1ccccc1)(c1ccccc1)C(C)(C)C)C[C@H]1C(=O)N(C)C(=O)[C@H]12. The van der Waals surface area contributed by atoms with E-state index >= 15 is 0 Å². The molecule has 0 unspecified atom stereocenters. The second-order valence-corrected chi connectivity index (χ2v) is 19.5. The van der Waals surface area contributed by atoms with Gasteiger partial charge in [0, 0.05) is 7.05 Å². The zero-order valence-corrected chi connectivity index (χ0v) is 30.6. The predicted molar refractivity (Wildman–Crippen MR) is 197 cm³/mol. The molecule has 2 N–H and O–H groups in total. The molecule has 7 nitrogen and oxygen atoms in total. The summed E-state index contributed by atoms with van der Waals surface area (Å²) in [5.41, 5.74) is 3.85. The van der Waals surface area contributed by atoms with Crippen molar-refractivity contribution in [2.45, 2.75) is 64.4 Å². The van der Waals surface area contributed by atoms with Crippen LogP contribution in [0.4, 0.5) is 0 Å². The van der Waals surface area contributed by atoms with E-state index in [1.807, 2.05) is 25.1 Å². The zero-order chi connectivity index (χ0) is 35.1. The Bertz CT molecular complexity index is 1740. The van der Waals surface area contributed by atoms with Crippen LogP contribution in [0.5, 0.6) is 5.75 Å². The Hall–Kier alpha value is -3.47. The number of hydrogen-bond donors (Lipinski definition) is 2. The molecule has 0 aromatic heterocycles. The maximum atomic E-state index is 13.6. The number of aromatic hydroxyl groups is 1. The molecule has 49 heavy (non-hydrogen) atoms. The maximum Gasteiger partial charge on any atom is 0.455 e. The van der Waals surface area contributed by atoms with Crippen LogP contribution >= 0.6 is 11.6 Å². The highest BCUT2D eigenvalue weighted by molar-refractivity contribution is 6.99. The molecule has 4 atom stereocenters. The van der Waals surface area contributed by atoms with Gasteiger partial charge in [0.2, 0.25) is 11.8 Å². The highest BCUT2D eigenvalue weighted by atomic mass is 35.5. The van der Waals surface area contributed by atoms with Crippen molar-refractivity contribution in [1.82, 2.24) is 4.90 Å². The molecular weight excluding hydrogens is 653 g/mol. The first-order valence-corrected chi connectivity index (χ1v) is 19.4. The molecule has 1 aliphatic carbocycles. The van der Waals surface area contributed by atoms with E-state index in [-0.39, 0.29) is 34.8 Å². The Kier molecular flexibility index (Phi) is 10.1. The molecule has 10 heteroatoms. The van der Waals surface area contributed by atoms with Gasteiger partial charge in [-0.3, -0.25) is 14.5 Å². The number of carbonyl (C=O) groups is 2. The van der Waals surface area contributed by atoms with Gasteiger partial charge in [0.05, 0.1) is 29.6 Å². The third kappa shape index (κ3) is 6.71. The molecule has 0 radical (unpaired) electrons. The normalized spacial score (nSPS) is 23.2. The Morgan fingerprint density at radius 1 is 1.02 bits per heavy atom. The van der Waals surface area contributed by atoms with E-state index in [9.17, 15) is 19.7 Å². The first kappa shape index (κ1) is 35.4. The molecule has 2 saturated heterocycles. The van der Waals surface area contributed by atoms with Crippen molar-refractivity contribution in [1.29, 1.82) is 0 Å². The molecule has 2 fully saturated rings. The van der Waals surface area contributed by atoms with Crippen LogP contribution in [0.25, 0.3) is 6.08 Å². The van der Waals surface area contributed by atoms with Gasteiger partial charge in [-0.25, -0.2) is 0 Å². The van der Waals surface area contributed by atoms with Gasteiger partial charge in [-0.2, -0.15) is 0 Å². The average Bonchev–Trinajstić information content (AvgIpc) is 3.28. The van der Waals surface area contributed by atoms with Gasteiger partial charge in [0.15, 0.2) is 0 Å². The fourth-order valence-corrected chi connectivity index (χ4v) is 13.1. The van der Waals surface area contributed by atoms with Crippen LogP contribution in [0.2, 0.25) is 16.4 Å². The van der Waals surface area contributed by atoms with Crippen LogP contribution in [-0.2, 0) is 18.7 Å². The second kappa shape index (κ2) is 14.0. The lowest BCUT2D eigenvalue weighted by Crippen LogP contribution is -2.66. The van der Waals surface area contributed by atoms with Crippen LogP contribution in [0, 0.1) is 17.8 Å². The van der Waals surface area contributed by atoms with E-state index in [1.54, 1.807) is 19.2 Å². The van der Waals surface area contributed by atoms with Gasteiger partial charge in [-0.15, -0.1) is 0 Å². The highest BCUT2D eigenvalue weighted by Crippen LogP contribution is 2.51. The summed E-state index contributed by atoms with van der Waals surface area (Å²) in [5, 5.41) is 23.4. The number of phenols is 1. The molecule has 256 valence electrons. The summed E-state index contributed by atoms with van der Waals surface area (Å²) >= 11 is 6.39.